The first-order valence-electron chi connectivity index (χ1n) is 14.3. The molecule has 3 aliphatic rings. The predicted octanol–water partition coefficient (Wildman–Crippen LogP) is 5.83. The summed E-state index contributed by atoms with van der Waals surface area (Å²) in [5.74, 6) is 0.914. The smallest absolute Gasteiger partial charge is 0.254 e. The summed E-state index contributed by atoms with van der Waals surface area (Å²) in [5.41, 5.74) is 6.83. The van der Waals surface area contributed by atoms with Crippen molar-refractivity contribution in [3.8, 4) is 22.6 Å². The molecule has 1 fully saturated rings. The molecule has 4 heterocycles. The molecule has 7 nitrogen and oxygen atoms in total. The fourth-order valence-electron chi connectivity index (χ4n) is 6.99. The standard InChI is InChI=1S/C32H39N3O4S/c1-18-15-19(2)33-30(36)25(18)16-35-13-11-24-26(31(35)37)20(3)28-29(27(24)21-12-14-40-17-21)39-32(4,38-28)22-7-9-23(10-8-22)34(5)6/h12,14-15,17,22-23H,7-11,13,16H2,1-6H3,(H,33,36)/t22-,23-,32-/m1/s1. The van der Waals surface area contributed by atoms with Crippen molar-refractivity contribution in [2.45, 2.75) is 78.2 Å². The first-order chi connectivity index (χ1) is 19.1. The number of H-pyrrole nitrogens is 1. The molecule has 212 valence electrons. The Bertz CT molecular complexity index is 1520. The zero-order chi connectivity index (χ0) is 28.3. The molecule has 1 aliphatic carbocycles. The van der Waals surface area contributed by atoms with E-state index in [1.807, 2.05) is 31.7 Å². The number of hydrogen-bond donors (Lipinski definition) is 1. The van der Waals surface area contributed by atoms with Crippen LogP contribution < -0.4 is 15.0 Å². The maximum absolute atomic E-state index is 14.1. The number of fused-ring (bicyclic) bond motifs is 2. The normalized spacial score (nSPS) is 24.1. The van der Waals surface area contributed by atoms with Gasteiger partial charge in [0.15, 0.2) is 11.5 Å². The molecular weight excluding hydrogens is 522 g/mol. The van der Waals surface area contributed by atoms with Gasteiger partial charge < -0.3 is 24.3 Å². The molecule has 6 rings (SSSR count). The van der Waals surface area contributed by atoms with Gasteiger partial charge in [0.1, 0.15) is 0 Å². The summed E-state index contributed by atoms with van der Waals surface area (Å²) < 4.78 is 13.6. The molecule has 0 unspecified atom stereocenters. The maximum atomic E-state index is 14.1. The summed E-state index contributed by atoms with van der Waals surface area (Å²) in [4.78, 5) is 33.9. The number of thiophene rings is 1. The van der Waals surface area contributed by atoms with Gasteiger partial charge in [-0.2, -0.15) is 11.3 Å². The van der Waals surface area contributed by atoms with Crippen molar-refractivity contribution in [2.75, 3.05) is 20.6 Å². The van der Waals surface area contributed by atoms with Crippen molar-refractivity contribution >= 4 is 17.2 Å². The molecule has 0 radical (unpaired) electrons. The number of ether oxygens (including phenoxy) is 2. The molecule has 1 saturated carbocycles. The number of amides is 1. The van der Waals surface area contributed by atoms with Gasteiger partial charge >= 0.3 is 0 Å². The lowest BCUT2D eigenvalue weighted by molar-refractivity contribution is -0.123. The van der Waals surface area contributed by atoms with E-state index in [1.54, 1.807) is 11.3 Å². The lowest BCUT2D eigenvalue weighted by Gasteiger charge is -2.39. The highest BCUT2D eigenvalue weighted by Gasteiger charge is 2.49. The molecule has 1 N–H and O–H groups in total. The van der Waals surface area contributed by atoms with Crippen LogP contribution in [0, 0.1) is 26.7 Å². The monoisotopic (exact) mass is 561 g/mol. The quantitative estimate of drug-likeness (QED) is 0.424. The summed E-state index contributed by atoms with van der Waals surface area (Å²) in [7, 11) is 4.31. The number of aryl methyl sites for hydroxylation is 2. The second-order valence-electron chi connectivity index (χ2n) is 12.1. The topological polar surface area (TPSA) is 74.9 Å². The third-order valence-electron chi connectivity index (χ3n) is 9.32. The average Bonchev–Trinajstić information content (AvgIpc) is 3.56. The van der Waals surface area contributed by atoms with E-state index in [9.17, 15) is 9.59 Å². The van der Waals surface area contributed by atoms with E-state index in [1.165, 1.54) is 0 Å². The average molecular weight is 562 g/mol. The van der Waals surface area contributed by atoms with Gasteiger partial charge in [0.2, 0.25) is 0 Å². The number of carbonyl (C=O) groups excluding carboxylic acids is 1. The van der Waals surface area contributed by atoms with E-state index >= 15 is 0 Å². The van der Waals surface area contributed by atoms with Crippen LogP contribution in [0.5, 0.6) is 11.5 Å². The van der Waals surface area contributed by atoms with Gasteiger partial charge in [0.25, 0.3) is 17.3 Å². The summed E-state index contributed by atoms with van der Waals surface area (Å²) in [6.07, 6.45) is 5.01. The zero-order valence-electron chi connectivity index (χ0n) is 24.3. The highest BCUT2D eigenvalue weighted by molar-refractivity contribution is 7.08. The maximum Gasteiger partial charge on any atom is 0.254 e. The summed E-state index contributed by atoms with van der Waals surface area (Å²) in [6.45, 7) is 8.70. The lowest BCUT2D eigenvalue weighted by Crippen LogP contribution is -2.46. The molecule has 0 saturated heterocycles. The minimum Gasteiger partial charge on any atom is -0.448 e. The number of carbonyl (C=O) groups is 1. The van der Waals surface area contributed by atoms with E-state index in [-0.39, 0.29) is 23.9 Å². The third-order valence-corrected chi connectivity index (χ3v) is 10.00. The molecule has 1 amide bonds. The van der Waals surface area contributed by atoms with Gasteiger partial charge in [-0.3, -0.25) is 9.59 Å². The Morgan fingerprint density at radius 2 is 1.80 bits per heavy atom. The molecule has 1 aromatic carbocycles. The number of rotatable bonds is 5. The van der Waals surface area contributed by atoms with Gasteiger partial charge in [-0.15, -0.1) is 0 Å². The van der Waals surface area contributed by atoms with E-state index in [4.69, 9.17) is 9.47 Å². The summed E-state index contributed by atoms with van der Waals surface area (Å²) >= 11 is 1.64. The van der Waals surface area contributed by atoms with Crippen molar-refractivity contribution < 1.29 is 14.3 Å². The Balaban J connectivity index is 1.38. The lowest BCUT2D eigenvalue weighted by atomic mass is 9.81. The molecule has 40 heavy (non-hydrogen) atoms. The molecule has 0 spiro atoms. The van der Waals surface area contributed by atoms with E-state index < -0.39 is 5.79 Å². The molecule has 3 aromatic rings. The van der Waals surface area contributed by atoms with Crippen molar-refractivity contribution in [1.82, 2.24) is 14.8 Å². The Morgan fingerprint density at radius 3 is 2.45 bits per heavy atom. The van der Waals surface area contributed by atoms with E-state index in [0.717, 1.165) is 64.9 Å². The number of nitrogens with zero attached hydrogens (tertiary/aromatic N) is 2. The highest BCUT2D eigenvalue weighted by atomic mass is 32.1. The highest BCUT2D eigenvalue weighted by Crippen LogP contribution is 2.55. The van der Waals surface area contributed by atoms with E-state index in [2.05, 4.69) is 47.7 Å². The fraction of sp³-hybridized carbons (Fsp3) is 0.500. The minimum absolute atomic E-state index is 0.0545. The van der Waals surface area contributed by atoms with Crippen LogP contribution in [0.15, 0.2) is 27.7 Å². The van der Waals surface area contributed by atoms with Crippen molar-refractivity contribution in [1.29, 1.82) is 0 Å². The second kappa shape index (κ2) is 10.1. The second-order valence-corrected chi connectivity index (χ2v) is 12.9. The first-order valence-corrected chi connectivity index (χ1v) is 15.3. The van der Waals surface area contributed by atoms with Crippen LogP contribution >= 0.6 is 11.3 Å². The number of benzene rings is 1. The van der Waals surface area contributed by atoms with Crippen molar-refractivity contribution in [3.63, 3.8) is 0 Å². The number of nitrogens with one attached hydrogen (secondary N) is 1. The van der Waals surface area contributed by atoms with Gasteiger partial charge in [-0.25, -0.2) is 0 Å². The van der Waals surface area contributed by atoms with Crippen LogP contribution in [-0.2, 0) is 13.0 Å². The van der Waals surface area contributed by atoms with Crippen LogP contribution in [0.1, 0.15) is 70.9 Å². The Kier molecular flexibility index (Phi) is 6.82. The van der Waals surface area contributed by atoms with Crippen molar-refractivity contribution in [3.05, 3.63) is 66.8 Å². The van der Waals surface area contributed by atoms with Crippen LogP contribution in [-0.4, -0.2) is 53.2 Å². The predicted molar refractivity (Wildman–Crippen MR) is 159 cm³/mol. The van der Waals surface area contributed by atoms with Gasteiger partial charge in [0.05, 0.1) is 12.1 Å². The summed E-state index contributed by atoms with van der Waals surface area (Å²) in [6, 6.07) is 4.65. The fourth-order valence-corrected chi connectivity index (χ4v) is 7.64. The number of aromatic nitrogens is 1. The largest absolute Gasteiger partial charge is 0.448 e. The molecule has 2 aromatic heterocycles. The van der Waals surface area contributed by atoms with Crippen LogP contribution in [0.25, 0.3) is 11.1 Å². The first kappa shape index (κ1) is 27.1. The van der Waals surface area contributed by atoms with Crippen molar-refractivity contribution in [2.24, 2.45) is 5.92 Å². The number of hydrogen-bond acceptors (Lipinski definition) is 6. The Morgan fingerprint density at radius 1 is 1.07 bits per heavy atom. The van der Waals surface area contributed by atoms with Crippen LogP contribution in [0.3, 0.4) is 0 Å². The molecule has 0 bridgehead atoms. The minimum atomic E-state index is -0.770. The zero-order valence-corrected chi connectivity index (χ0v) is 25.2. The number of pyridine rings is 1. The SMILES string of the molecule is Cc1cc(C)c(CN2CCc3c(c(C)c4c(c3-c3ccsc3)O[C@](C)([C@H]3CC[C@H](N(C)C)CC3)O4)C2=O)c(=O)[nH]1. The Hall–Kier alpha value is -3.10. The van der Waals surface area contributed by atoms with Gasteiger partial charge in [-0.1, -0.05) is 0 Å². The van der Waals surface area contributed by atoms with Gasteiger partial charge in [-0.05, 0) is 107 Å². The van der Waals surface area contributed by atoms with E-state index in [0.29, 0.717) is 35.9 Å². The Labute approximate surface area is 240 Å². The third kappa shape index (κ3) is 4.45. The molecule has 8 heteroatoms. The molecule has 1 atom stereocenters. The summed E-state index contributed by atoms with van der Waals surface area (Å²) in [5, 5.41) is 4.19. The number of aromatic amines is 1. The van der Waals surface area contributed by atoms with Crippen LogP contribution in [0.4, 0.5) is 0 Å². The van der Waals surface area contributed by atoms with Gasteiger partial charge in [0, 0.05) is 47.8 Å². The molecule has 2 aliphatic heterocycles. The van der Waals surface area contributed by atoms with Crippen LogP contribution in [0.2, 0.25) is 0 Å². The molecular formula is C32H39N3O4S.